The second-order valence-electron chi connectivity index (χ2n) is 6.53. The highest BCUT2D eigenvalue weighted by Gasteiger charge is 2.36. The maximum Gasteiger partial charge on any atom is 0.231 e. The van der Waals surface area contributed by atoms with Crippen molar-refractivity contribution in [3.63, 3.8) is 0 Å². The van der Waals surface area contributed by atoms with Crippen LogP contribution in [0, 0.1) is 5.92 Å². The number of nitrogens with one attached hydrogen (secondary N) is 1. The zero-order chi connectivity index (χ0) is 14.2. The van der Waals surface area contributed by atoms with Crippen molar-refractivity contribution in [2.45, 2.75) is 44.8 Å². The van der Waals surface area contributed by atoms with Crippen LogP contribution in [0.4, 0.5) is 0 Å². The van der Waals surface area contributed by atoms with E-state index in [2.05, 4.69) is 29.3 Å². The lowest BCUT2D eigenvalue weighted by Crippen LogP contribution is -2.56. The van der Waals surface area contributed by atoms with Crippen molar-refractivity contribution in [3.8, 4) is 11.5 Å². The molecule has 0 spiro atoms. The first-order chi connectivity index (χ1) is 10.3. The van der Waals surface area contributed by atoms with Crippen LogP contribution in [0.25, 0.3) is 0 Å². The molecule has 0 bridgehead atoms. The molecule has 0 radical (unpaired) electrons. The Hall–Kier alpha value is -1.26. The van der Waals surface area contributed by atoms with Gasteiger partial charge in [-0.3, -0.25) is 4.90 Å². The van der Waals surface area contributed by atoms with Gasteiger partial charge in [0.25, 0.3) is 0 Å². The van der Waals surface area contributed by atoms with Gasteiger partial charge in [0.1, 0.15) is 0 Å². The molecule has 2 fully saturated rings. The molecule has 2 atom stereocenters. The molecule has 3 aliphatic rings. The minimum Gasteiger partial charge on any atom is -0.454 e. The number of nitrogens with zero attached hydrogens (tertiary/aromatic N) is 1. The summed E-state index contributed by atoms with van der Waals surface area (Å²) in [6, 6.07) is 7.70. The number of hydrogen-bond acceptors (Lipinski definition) is 4. The summed E-state index contributed by atoms with van der Waals surface area (Å²) in [5, 5.41) is 3.75. The number of benzene rings is 1. The smallest absolute Gasteiger partial charge is 0.231 e. The molecule has 1 aromatic carbocycles. The van der Waals surface area contributed by atoms with E-state index in [4.69, 9.17) is 9.47 Å². The zero-order valence-electron chi connectivity index (χ0n) is 12.7. The predicted octanol–water partition coefficient (Wildman–Crippen LogP) is 2.38. The van der Waals surface area contributed by atoms with Gasteiger partial charge < -0.3 is 14.8 Å². The van der Waals surface area contributed by atoms with Gasteiger partial charge >= 0.3 is 0 Å². The fraction of sp³-hybridized carbons (Fsp3) is 0.647. The molecule has 2 aliphatic heterocycles. The Morgan fingerprint density at radius 2 is 2.10 bits per heavy atom. The SMILES string of the molecule is CCC1CNC(C2CC2)CN1Cc1ccc2c(c1)OCO2. The quantitative estimate of drug-likeness (QED) is 0.922. The molecule has 4 heteroatoms. The van der Waals surface area contributed by atoms with Crippen molar-refractivity contribution in [3.05, 3.63) is 23.8 Å². The van der Waals surface area contributed by atoms with Crippen LogP contribution in [0.5, 0.6) is 11.5 Å². The van der Waals surface area contributed by atoms with Gasteiger partial charge in [-0.1, -0.05) is 13.0 Å². The normalized spacial score (nSPS) is 28.8. The summed E-state index contributed by atoms with van der Waals surface area (Å²) in [7, 11) is 0. The van der Waals surface area contributed by atoms with Crippen LogP contribution in [-0.4, -0.2) is 36.9 Å². The molecule has 0 amide bonds. The monoisotopic (exact) mass is 288 g/mol. The molecule has 21 heavy (non-hydrogen) atoms. The number of fused-ring (bicyclic) bond motifs is 1. The van der Waals surface area contributed by atoms with Gasteiger partial charge in [-0.15, -0.1) is 0 Å². The number of rotatable bonds is 4. The summed E-state index contributed by atoms with van der Waals surface area (Å²) >= 11 is 0. The maximum atomic E-state index is 5.50. The van der Waals surface area contributed by atoms with Gasteiger partial charge in [-0.25, -0.2) is 0 Å². The Kier molecular flexibility index (Phi) is 3.51. The standard InChI is InChI=1S/C17H24N2O2/c1-2-14-8-18-15(13-4-5-13)10-19(14)9-12-3-6-16-17(7-12)21-11-20-16/h3,6-7,13-15,18H,2,4-5,8-11H2,1H3. The first kappa shape index (κ1) is 13.4. The molecule has 4 rings (SSSR count). The van der Waals surface area contributed by atoms with Gasteiger partial charge in [0, 0.05) is 31.7 Å². The van der Waals surface area contributed by atoms with Crippen molar-refractivity contribution >= 4 is 0 Å². The van der Waals surface area contributed by atoms with E-state index in [1.807, 2.05) is 6.07 Å². The van der Waals surface area contributed by atoms with Crippen LogP contribution in [-0.2, 0) is 6.54 Å². The Labute approximate surface area is 126 Å². The van der Waals surface area contributed by atoms with Crippen molar-refractivity contribution in [1.82, 2.24) is 10.2 Å². The third-order valence-corrected chi connectivity index (χ3v) is 5.05. The molecule has 114 valence electrons. The van der Waals surface area contributed by atoms with Crippen molar-refractivity contribution in [2.75, 3.05) is 19.9 Å². The van der Waals surface area contributed by atoms with E-state index in [0.717, 1.165) is 30.5 Å². The average Bonchev–Trinajstić information content (AvgIpc) is 3.25. The van der Waals surface area contributed by atoms with Crippen LogP contribution in [0.2, 0.25) is 0 Å². The van der Waals surface area contributed by atoms with E-state index in [1.165, 1.54) is 31.4 Å². The van der Waals surface area contributed by atoms with Crippen LogP contribution >= 0.6 is 0 Å². The molecule has 1 aromatic rings. The van der Waals surface area contributed by atoms with Crippen LogP contribution in [0.15, 0.2) is 18.2 Å². The lowest BCUT2D eigenvalue weighted by atomic mass is 10.0. The third kappa shape index (κ3) is 2.74. The molecule has 2 unspecified atom stereocenters. The maximum absolute atomic E-state index is 5.50. The Balaban J connectivity index is 1.47. The van der Waals surface area contributed by atoms with Gasteiger partial charge in [0.15, 0.2) is 11.5 Å². The van der Waals surface area contributed by atoms with Crippen molar-refractivity contribution < 1.29 is 9.47 Å². The third-order valence-electron chi connectivity index (χ3n) is 5.05. The van der Waals surface area contributed by atoms with E-state index in [0.29, 0.717) is 18.9 Å². The molecule has 2 heterocycles. The van der Waals surface area contributed by atoms with E-state index < -0.39 is 0 Å². The largest absolute Gasteiger partial charge is 0.454 e. The average molecular weight is 288 g/mol. The topological polar surface area (TPSA) is 33.7 Å². The number of ether oxygens (including phenoxy) is 2. The summed E-state index contributed by atoms with van der Waals surface area (Å²) in [4.78, 5) is 2.65. The van der Waals surface area contributed by atoms with E-state index in [-0.39, 0.29) is 0 Å². The molecule has 0 aromatic heterocycles. The first-order valence-electron chi connectivity index (χ1n) is 8.19. The second kappa shape index (κ2) is 5.50. The Bertz CT molecular complexity index is 516. The molecule has 1 N–H and O–H groups in total. The minimum atomic E-state index is 0.355. The fourth-order valence-electron chi connectivity index (χ4n) is 3.57. The molecule has 4 nitrogen and oxygen atoms in total. The molecule has 1 saturated heterocycles. The second-order valence-corrected chi connectivity index (χ2v) is 6.53. The highest BCUT2D eigenvalue weighted by atomic mass is 16.7. The summed E-state index contributed by atoms with van der Waals surface area (Å²) in [5.74, 6) is 2.69. The lowest BCUT2D eigenvalue weighted by molar-refractivity contribution is 0.111. The fourth-order valence-corrected chi connectivity index (χ4v) is 3.57. The van der Waals surface area contributed by atoms with Gasteiger partial charge in [-0.2, -0.15) is 0 Å². The van der Waals surface area contributed by atoms with Crippen molar-refractivity contribution in [2.24, 2.45) is 5.92 Å². The summed E-state index contributed by atoms with van der Waals surface area (Å²) in [6.07, 6.45) is 4.02. The molecule has 1 saturated carbocycles. The Morgan fingerprint density at radius 1 is 1.24 bits per heavy atom. The summed E-state index contributed by atoms with van der Waals surface area (Å²) < 4.78 is 10.9. The van der Waals surface area contributed by atoms with E-state index in [1.54, 1.807) is 0 Å². The van der Waals surface area contributed by atoms with Crippen LogP contribution in [0.1, 0.15) is 31.7 Å². The highest BCUT2D eigenvalue weighted by Crippen LogP contribution is 2.36. The lowest BCUT2D eigenvalue weighted by Gasteiger charge is -2.40. The number of hydrogen-bond donors (Lipinski definition) is 1. The summed E-state index contributed by atoms with van der Waals surface area (Å²) in [6.45, 7) is 5.96. The zero-order valence-corrected chi connectivity index (χ0v) is 12.7. The molecule has 1 aliphatic carbocycles. The first-order valence-corrected chi connectivity index (χ1v) is 8.19. The molecular formula is C17H24N2O2. The summed E-state index contributed by atoms with van der Waals surface area (Å²) in [5.41, 5.74) is 1.33. The molecular weight excluding hydrogens is 264 g/mol. The van der Waals surface area contributed by atoms with E-state index in [9.17, 15) is 0 Å². The van der Waals surface area contributed by atoms with Gasteiger partial charge in [0.05, 0.1) is 0 Å². The van der Waals surface area contributed by atoms with Gasteiger partial charge in [-0.05, 0) is 42.9 Å². The number of piperazine rings is 1. The minimum absolute atomic E-state index is 0.355. The van der Waals surface area contributed by atoms with Gasteiger partial charge in [0.2, 0.25) is 6.79 Å². The van der Waals surface area contributed by atoms with Crippen molar-refractivity contribution in [1.29, 1.82) is 0 Å². The van der Waals surface area contributed by atoms with Crippen LogP contribution in [0.3, 0.4) is 0 Å². The highest BCUT2D eigenvalue weighted by molar-refractivity contribution is 5.44. The van der Waals surface area contributed by atoms with Crippen LogP contribution < -0.4 is 14.8 Å². The Morgan fingerprint density at radius 3 is 2.90 bits per heavy atom. The van der Waals surface area contributed by atoms with E-state index >= 15 is 0 Å². The predicted molar refractivity (Wildman–Crippen MR) is 81.6 cm³/mol.